The molecule has 0 aliphatic rings. The number of nitrogens with two attached hydrogens (primary N) is 1. The number of halogens is 1. The third kappa shape index (κ3) is 1.54. The molecule has 0 amide bonds. The summed E-state index contributed by atoms with van der Waals surface area (Å²) in [6, 6.07) is 10.3. The number of benzene rings is 2. The summed E-state index contributed by atoms with van der Waals surface area (Å²) in [5, 5.41) is 2.41. The quantitative estimate of drug-likeness (QED) is 0.696. The molecule has 0 aliphatic carbocycles. The van der Waals surface area contributed by atoms with Gasteiger partial charge in [-0.15, -0.1) is 0 Å². The molecule has 0 bridgehead atoms. The predicted octanol–water partition coefficient (Wildman–Crippen LogP) is 3.49. The number of hydrogen-bond acceptors (Lipinski definition) is 1. The van der Waals surface area contributed by atoms with E-state index >= 15 is 0 Å². The molecule has 2 N–H and O–H groups in total. The van der Waals surface area contributed by atoms with Crippen LogP contribution in [-0.2, 0) is 0 Å². The molecule has 2 heteroatoms. The highest BCUT2D eigenvalue weighted by Crippen LogP contribution is 2.24. The van der Waals surface area contributed by atoms with E-state index in [1.54, 1.807) is 0 Å². The van der Waals surface area contributed by atoms with E-state index in [0.29, 0.717) is 0 Å². The van der Waals surface area contributed by atoms with Gasteiger partial charge in [0, 0.05) is 10.2 Å². The molecule has 66 valence electrons. The van der Waals surface area contributed by atoms with Crippen molar-refractivity contribution in [2.45, 2.75) is 6.92 Å². The van der Waals surface area contributed by atoms with E-state index in [-0.39, 0.29) is 0 Å². The summed E-state index contributed by atoms with van der Waals surface area (Å²) in [6.07, 6.45) is 0. The topological polar surface area (TPSA) is 26.0 Å². The lowest BCUT2D eigenvalue weighted by Crippen LogP contribution is -1.88. The van der Waals surface area contributed by atoms with Crippen LogP contribution in [0, 0.1) is 6.92 Å². The predicted molar refractivity (Wildman–Crippen MR) is 60.8 cm³/mol. The molecule has 1 nitrogen and oxygen atoms in total. The van der Waals surface area contributed by atoms with Crippen LogP contribution in [0.3, 0.4) is 0 Å². The summed E-state index contributed by atoms with van der Waals surface area (Å²) in [6.45, 7) is 2.02. The Bertz CT molecular complexity index is 463. The molecular formula is C11H10BrN. The van der Waals surface area contributed by atoms with Gasteiger partial charge in [-0.1, -0.05) is 22.0 Å². The van der Waals surface area contributed by atoms with Gasteiger partial charge in [0.05, 0.1) is 0 Å². The van der Waals surface area contributed by atoms with Gasteiger partial charge in [-0.2, -0.15) is 0 Å². The van der Waals surface area contributed by atoms with Crippen LogP contribution in [0.1, 0.15) is 5.56 Å². The van der Waals surface area contributed by atoms with Crippen LogP contribution >= 0.6 is 15.9 Å². The Labute approximate surface area is 85.7 Å². The van der Waals surface area contributed by atoms with Crippen LogP contribution in [0.2, 0.25) is 0 Å². The van der Waals surface area contributed by atoms with Crippen molar-refractivity contribution >= 4 is 32.4 Å². The Morgan fingerprint density at radius 3 is 2.62 bits per heavy atom. The number of anilines is 1. The van der Waals surface area contributed by atoms with Gasteiger partial charge < -0.3 is 5.73 Å². The lowest BCUT2D eigenvalue weighted by molar-refractivity contribution is 1.50. The minimum atomic E-state index is 0.856. The van der Waals surface area contributed by atoms with E-state index in [1.807, 2.05) is 19.1 Å². The molecule has 0 aliphatic heterocycles. The van der Waals surface area contributed by atoms with Gasteiger partial charge in [0.1, 0.15) is 0 Å². The highest BCUT2D eigenvalue weighted by Gasteiger charge is 1.98. The summed E-state index contributed by atoms with van der Waals surface area (Å²) in [4.78, 5) is 0. The van der Waals surface area contributed by atoms with Crippen LogP contribution in [0.4, 0.5) is 5.69 Å². The fraction of sp³-hybridized carbons (Fsp3) is 0.0909. The maximum Gasteiger partial charge on any atom is 0.0350 e. The van der Waals surface area contributed by atoms with E-state index < -0.39 is 0 Å². The molecule has 2 rings (SSSR count). The highest BCUT2D eigenvalue weighted by atomic mass is 79.9. The lowest BCUT2D eigenvalue weighted by atomic mass is 10.1. The second kappa shape index (κ2) is 3.04. The standard InChI is InChI=1S/C11H10BrN/c1-7-4-9-5-10(12)3-2-8(9)6-11(7)13/h2-6H,13H2,1H3. The molecule has 0 heterocycles. The van der Waals surface area contributed by atoms with Crippen molar-refractivity contribution in [3.05, 3.63) is 40.4 Å². The van der Waals surface area contributed by atoms with Crippen molar-refractivity contribution in [1.29, 1.82) is 0 Å². The number of fused-ring (bicyclic) bond motifs is 1. The minimum absolute atomic E-state index is 0.856. The van der Waals surface area contributed by atoms with Crippen molar-refractivity contribution in [3.63, 3.8) is 0 Å². The molecule has 0 atom stereocenters. The number of hydrogen-bond donors (Lipinski definition) is 1. The maximum absolute atomic E-state index is 5.81. The fourth-order valence-electron chi connectivity index (χ4n) is 1.40. The van der Waals surface area contributed by atoms with E-state index in [1.165, 1.54) is 10.8 Å². The molecule has 0 saturated carbocycles. The van der Waals surface area contributed by atoms with Crippen LogP contribution in [0.25, 0.3) is 10.8 Å². The molecule has 0 fully saturated rings. The van der Waals surface area contributed by atoms with E-state index in [9.17, 15) is 0 Å². The van der Waals surface area contributed by atoms with Crippen molar-refractivity contribution in [2.75, 3.05) is 5.73 Å². The van der Waals surface area contributed by atoms with Crippen molar-refractivity contribution in [2.24, 2.45) is 0 Å². The van der Waals surface area contributed by atoms with Gasteiger partial charge in [0.15, 0.2) is 0 Å². The van der Waals surface area contributed by atoms with Gasteiger partial charge in [0.2, 0.25) is 0 Å². The Balaban J connectivity index is 2.81. The van der Waals surface area contributed by atoms with E-state index in [4.69, 9.17) is 5.73 Å². The zero-order valence-electron chi connectivity index (χ0n) is 7.34. The lowest BCUT2D eigenvalue weighted by Gasteiger charge is -2.03. The van der Waals surface area contributed by atoms with Gasteiger partial charge in [-0.3, -0.25) is 0 Å². The Kier molecular flexibility index (Phi) is 2.00. The summed E-state index contributed by atoms with van der Waals surface area (Å²) in [5.41, 5.74) is 7.80. The van der Waals surface area contributed by atoms with Gasteiger partial charge in [-0.25, -0.2) is 0 Å². The molecule has 2 aromatic carbocycles. The average molecular weight is 236 g/mol. The zero-order chi connectivity index (χ0) is 9.42. The molecular weight excluding hydrogens is 226 g/mol. The summed E-state index contributed by atoms with van der Waals surface area (Å²) < 4.78 is 1.10. The summed E-state index contributed by atoms with van der Waals surface area (Å²) >= 11 is 3.44. The minimum Gasteiger partial charge on any atom is -0.398 e. The Hall–Kier alpha value is -1.02. The largest absolute Gasteiger partial charge is 0.398 e. The molecule has 0 spiro atoms. The Morgan fingerprint density at radius 1 is 1.08 bits per heavy atom. The van der Waals surface area contributed by atoms with E-state index in [2.05, 4.69) is 34.1 Å². The first-order valence-corrected chi connectivity index (χ1v) is 4.91. The second-order valence-corrected chi connectivity index (χ2v) is 4.12. The molecule has 0 unspecified atom stereocenters. The Morgan fingerprint density at radius 2 is 1.85 bits per heavy atom. The third-order valence-electron chi connectivity index (χ3n) is 2.19. The summed E-state index contributed by atoms with van der Waals surface area (Å²) in [7, 11) is 0. The third-order valence-corrected chi connectivity index (χ3v) is 2.68. The SMILES string of the molecule is Cc1cc2cc(Br)ccc2cc1N. The fourth-order valence-corrected chi connectivity index (χ4v) is 1.78. The van der Waals surface area contributed by atoms with Gasteiger partial charge in [0.25, 0.3) is 0 Å². The number of aryl methyl sites for hydroxylation is 1. The molecule has 0 aromatic heterocycles. The number of nitrogen functional groups attached to an aromatic ring is 1. The monoisotopic (exact) mass is 235 g/mol. The molecule has 13 heavy (non-hydrogen) atoms. The first kappa shape index (κ1) is 8.57. The molecule has 0 radical (unpaired) electrons. The van der Waals surface area contributed by atoms with Crippen LogP contribution < -0.4 is 5.73 Å². The first-order chi connectivity index (χ1) is 6.16. The first-order valence-electron chi connectivity index (χ1n) is 4.12. The van der Waals surface area contributed by atoms with Crippen molar-refractivity contribution < 1.29 is 0 Å². The van der Waals surface area contributed by atoms with Crippen molar-refractivity contribution in [3.8, 4) is 0 Å². The van der Waals surface area contributed by atoms with Gasteiger partial charge >= 0.3 is 0 Å². The summed E-state index contributed by atoms with van der Waals surface area (Å²) in [5.74, 6) is 0. The molecule has 2 aromatic rings. The van der Waals surface area contributed by atoms with Crippen molar-refractivity contribution in [1.82, 2.24) is 0 Å². The highest BCUT2D eigenvalue weighted by molar-refractivity contribution is 9.10. The van der Waals surface area contributed by atoms with Crippen LogP contribution in [0.15, 0.2) is 34.8 Å². The molecule has 0 saturated heterocycles. The van der Waals surface area contributed by atoms with Crippen LogP contribution in [0.5, 0.6) is 0 Å². The van der Waals surface area contributed by atoms with Gasteiger partial charge in [-0.05, 0) is 47.5 Å². The average Bonchev–Trinajstić information content (AvgIpc) is 2.08. The normalized spacial score (nSPS) is 10.6. The van der Waals surface area contributed by atoms with E-state index in [0.717, 1.165) is 15.7 Å². The van der Waals surface area contributed by atoms with Crippen LogP contribution in [-0.4, -0.2) is 0 Å². The number of rotatable bonds is 0. The smallest absolute Gasteiger partial charge is 0.0350 e. The zero-order valence-corrected chi connectivity index (χ0v) is 8.93. The maximum atomic E-state index is 5.81. The second-order valence-electron chi connectivity index (χ2n) is 3.20.